The third kappa shape index (κ3) is 2.33. The second kappa shape index (κ2) is 4.69. The van der Waals surface area contributed by atoms with Crippen molar-refractivity contribution in [3.63, 3.8) is 0 Å². The van der Waals surface area contributed by atoms with Gasteiger partial charge in [-0.2, -0.15) is 5.26 Å². The fraction of sp³-hybridized carbons (Fsp3) is 0.0909. The van der Waals surface area contributed by atoms with E-state index in [1.807, 2.05) is 6.07 Å². The van der Waals surface area contributed by atoms with E-state index < -0.39 is 0 Å². The lowest BCUT2D eigenvalue weighted by Gasteiger charge is -2.05. The second-order valence-electron chi connectivity index (χ2n) is 3.02. The van der Waals surface area contributed by atoms with E-state index in [9.17, 15) is 0 Å². The molecular formula is C11H7ClN2O2. The fourth-order valence-electron chi connectivity index (χ4n) is 1.15. The molecule has 0 aliphatic rings. The number of hydrogen-bond acceptors (Lipinski definition) is 4. The Morgan fingerprint density at radius 3 is 2.94 bits per heavy atom. The summed E-state index contributed by atoms with van der Waals surface area (Å²) in [5.74, 6) is 1.12. The zero-order valence-electron chi connectivity index (χ0n) is 8.18. The maximum atomic E-state index is 8.66. The molecule has 0 atom stereocenters. The summed E-state index contributed by atoms with van der Waals surface area (Å²) in [5, 5.41) is 12.6. The molecule has 5 heteroatoms. The molecule has 2 aromatic rings. The molecule has 4 nitrogen and oxygen atoms in total. The molecule has 0 unspecified atom stereocenters. The Balaban J connectivity index is 2.08. The highest BCUT2D eigenvalue weighted by Crippen LogP contribution is 2.25. The number of aromatic nitrogens is 1. The fourth-order valence-corrected chi connectivity index (χ4v) is 1.39. The Morgan fingerprint density at radius 2 is 2.31 bits per heavy atom. The molecule has 0 bridgehead atoms. The topological polar surface area (TPSA) is 59.0 Å². The van der Waals surface area contributed by atoms with Crippen LogP contribution in [0.25, 0.3) is 0 Å². The van der Waals surface area contributed by atoms with Crippen LogP contribution in [0.5, 0.6) is 5.75 Å². The van der Waals surface area contributed by atoms with Crippen LogP contribution in [0.1, 0.15) is 11.3 Å². The van der Waals surface area contributed by atoms with Crippen LogP contribution in [0.15, 0.2) is 35.0 Å². The Morgan fingerprint density at radius 1 is 1.44 bits per heavy atom. The van der Waals surface area contributed by atoms with Crippen LogP contribution in [-0.4, -0.2) is 5.16 Å². The summed E-state index contributed by atoms with van der Waals surface area (Å²) >= 11 is 5.93. The summed E-state index contributed by atoms with van der Waals surface area (Å²) in [6.07, 6.45) is 1.54. The van der Waals surface area contributed by atoms with Gasteiger partial charge in [-0.25, -0.2) is 0 Å². The van der Waals surface area contributed by atoms with E-state index in [0.29, 0.717) is 22.1 Å². The van der Waals surface area contributed by atoms with E-state index in [4.69, 9.17) is 26.1 Å². The minimum Gasteiger partial charge on any atom is -0.484 e. The van der Waals surface area contributed by atoms with E-state index >= 15 is 0 Å². The molecule has 0 spiro atoms. The van der Waals surface area contributed by atoms with Gasteiger partial charge in [-0.15, -0.1) is 0 Å². The van der Waals surface area contributed by atoms with Crippen molar-refractivity contribution in [3.05, 3.63) is 46.8 Å². The van der Waals surface area contributed by atoms with E-state index in [2.05, 4.69) is 5.16 Å². The van der Waals surface area contributed by atoms with Crippen LogP contribution in [0.2, 0.25) is 5.02 Å². The normalized spacial score (nSPS) is 9.75. The standard InChI is InChI=1S/C11H7ClN2O2/c12-10-5-8(6-13)1-2-11(10)15-7-9-3-4-14-16-9/h1-5H,7H2. The predicted molar refractivity (Wildman–Crippen MR) is 57.0 cm³/mol. The molecule has 0 N–H and O–H groups in total. The molecule has 80 valence electrons. The largest absolute Gasteiger partial charge is 0.484 e. The van der Waals surface area contributed by atoms with Gasteiger partial charge < -0.3 is 9.26 Å². The van der Waals surface area contributed by atoms with Crippen molar-refractivity contribution in [1.82, 2.24) is 5.16 Å². The lowest BCUT2D eigenvalue weighted by Crippen LogP contribution is -1.94. The maximum Gasteiger partial charge on any atom is 0.174 e. The molecule has 0 saturated carbocycles. The van der Waals surface area contributed by atoms with Gasteiger partial charge in [-0.3, -0.25) is 0 Å². The van der Waals surface area contributed by atoms with E-state index in [0.717, 1.165) is 0 Å². The molecular weight excluding hydrogens is 228 g/mol. The summed E-state index contributed by atoms with van der Waals surface area (Å²) in [5.41, 5.74) is 0.497. The summed E-state index contributed by atoms with van der Waals surface area (Å²) in [4.78, 5) is 0. The summed E-state index contributed by atoms with van der Waals surface area (Å²) < 4.78 is 10.3. The monoisotopic (exact) mass is 234 g/mol. The average Bonchev–Trinajstić information content (AvgIpc) is 2.80. The predicted octanol–water partition coefficient (Wildman–Crippen LogP) is 2.78. The molecule has 0 aliphatic heterocycles. The molecule has 0 aliphatic carbocycles. The molecule has 16 heavy (non-hydrogen) atoms. The summed E-state index contributed by atoms with van der Waals surface area (Å²) in [6, 6.07) is 8.55. The first-order valence-corrected chi connectivity index (χ1v) is 4.89. The highest BCUT2D eigenvalue weighted by atomic mass is 35.5. The van der Waals surface area contributed by atoms with Gasteiger partial charge in [-0.1, -0.05) is 16.8 Å². The number of rotatable bonds is 3. The van der Waals surface area contributed by atoms with Crippen molar-refractivity contribution in [2.45, 2.75) is 6.61 Å². The first-order valence-electron chi connectivity index (χ1n) is 4.51. The minimum absolute atomic E-state index is 0.256. The number of hydrogen-bond donors (Lipinski definition) is 0. The van der Waals surface area contributed by atoms with Gasteiger partial charge in [0.15, 0.2) is 5.76 Å². The van der Waals surface area contributed by atoms with Crippen LogP contribution in [0.3, 0.4) is 0 Å². The average molecular weight is 235 g/mol. The van der Waals surface area contributed by atoms with Gasteiger partial charge >= 0.3 is 0 Å². The molecule has 0 fully saturated rings. The Bertz CT molecular complexity index is 517. The second-order valence-corrected chi connectivity index (χ2v) is 3.43. The van der Waals surface area contributed by atoms with Crippen molar-refractivity contribution in [2.24, 2.45) is 0 Å². The van der Waals surface area contributed by atoms with Crippen LogP contribution in [0, 0.1) is 11.3 Å². The number of halogens is 1. The maximum absolute atomic E-state index is 8.66. The SMILES string of the molecule is N#Cc1ccc(OCc2ccno2)c(Cl)c1. The first kappa shape index (κ1) is 10.5. The Kier molecular flexibility index (Phi) is 3.08. The van der Waals surface area contributed by atoms with E-state index in [-0.39, 0.29) is 6.61 Å². The summed E-state index contributed by atoms with van der Waals surface area (Å²) in [7, 11) is 0. The van der Waals surface area contributed by atoms with Gasteiger partial charge in [0.2, 0.25) is 0 Å². The number of nitriles is 1. The van der Waals surface area contributed by atoms with Gasteiger partial charge in [0.25, 0.3) is 0 Å². The van der Waals surface area contributed by atoms with Crippen LogP contribution < -0.4 is 4.74 Å². The first-order chi connectivity index (χ1) is 7.79. The Labute approximate surface area is 97.0 Å². The zero-order valence-corrected chi connectivity index (χ0v) is 8.94. The van der Waals surface area contributed by atoms with Crippen LogP contribution in [-0.2, 0) is 6.61 Å². The third-order valence-corrected chi connectivity index (χ3v) is 2.22. The number of nitrogens with zero attached hydrogens (tertiary/aromatic N) is 2. The summed E-state index contributed by atoms with van der Waals surface area (Å²) in [6.45, 7) is 0.256. The van der Waals surface area contributed by atoms with E-state index in [1.54, 1.807) is 30.5 Å². The molecule has 1 heterocycles. The van der Waals surface area contributed by atoms with E-state index in [1.165, 1.54) is 0 Å². The van der Waals surface area contributed by atoms with Crippen molar-refractivity contribution in [3.8, 4) is 11.8 Å². The molecule has 0 amide bonds. The third-order valence-electron chi connectivity index (χ3n) is 1.92. The van der Waals surface area contributed by atoms with Gasteiger partial charge in [0.05, 0.1) is 22.9 Å². The van der Waals surface area contributed by atoms with Gasteiger partial charge in [0, 0.05) is 6.07 Å². The molecule has 0 radical (unpaired) electrons. The quantitative estimate of drug-likeness (QED) is 0.819. The van der Waals surface area contributed by atoms with Gasteiger partial charge in [0.1, 0.15) is 12.4 Å². The minimum atomic E-state index is 0.256. The number of benzene rings is 1. The Hall–Kier alpha value is -1.99. The molecule has 0 saturated heterocycles. The lowest BCUT2D eigenvalue weighted by molar-refractivity contribution is 0.249. The molecule has 1 aromatic carbocycles. The van der Waals surface area contributed by atoms with Crippen molar-refractivity contribution in [1.29, 1.82) is 5.26 Å². The zero-order chi connectivity index (χ0) is 11.4. The van der Waals surface area contributed by atoms with Crippen LogP contribution in [0.4, 0.5) is 0 Å². The number of ether oxygens (including phenoxy) is 1. The smallest absolute Gasteiger partial charge is 0.174 e. The molecule has 1 aromatic heterocycles. The highest BCUT2D eigenvalue weighted by Gasteiger charge is 2.04. The van der Waals surface area contributed by atoms with Crippen molar-refractivity contribution in [2.75, 3.05) is 0 Å². The van der Waals surface area contributed by atoms with Crippen molar-refractivity contribution >= 4 is 11.6 Å². The lowest BCUT2D eigenvalue weighted by atomic mass is 10.2. The molecule has 2 rings (SSSR count). The highest BCUT2D eigenvalue weighted by molar-refractivity contribution is 6.32. The van der Waals surface area contributed by atoms with Crippen LogP contribution >= 0.6 is 11.6 Å². The van der Waals surface area contributed by atoms with Gasteiger partial charge in [-0.05, 0) is 18.2 Å². The van der Waals surface area contributed by atoms with Crippen molar-refractivity contribution < 1.29 is 9.26 Å².